The van der Waals surface area contributed by atoms with E-state index in [1.807, 2.05) is 48.5 Å². The number of hydrogen-bond acceptors (Lipinski definition) is 7. The van der Waals surface area contributed by atoms with Gasteiger partial charge in [-0.1, -0.05) is 87.9 Å². The Morgan fingerprint density at radius 1 is 1.00 bits per heavy atom. The van der Waals surface area contributed by atoms with Crippen LogP contribution in [0.5, 0.6) is 0 Å². The fourth-order valence-electron chi connectivity index (χ4n) is 6.16. The Labute approximate surface area is 226 Å². The molecule has 2 aromatic carbocycles. The Balaban J connectivity index is 1.76. The Bertz CT molecular complexity index is 1150. The summed E-state index contributed by atoms with van der Waals surface area (Å²) in [5.74, 6) is -0.825. The van der Waals surface area contributed by atoms with Gasteiger partial charge >= 0.3 is 13.6 Å². The molecule has 0 spiro atoms. The highest BCUT2D eigenvalue weighted by atomic mass is 31.2. The van der Waals surface area contributed by atoms with Gasteiger partial charge in [-0.05, 0) is 49.1 Å². The minimum atomic E-state index is -4.11. The van der Waals surface area contributed by atoms with Crippen molar-refractivity contribution in [1.29, 1.82) is 0 Å². The molecule has 0 bridgehead atoms. The lowest BCUT2D eigenvalue weighted by molar-refractivity contribution is -0.161. The molecule has 7 nitrogen and oxygen atoms in total. The van der Waals surface area contributed by atoms with Crippen LogP contribution in [0.3, 0.4) is 0 Å². The van der Waals surface area contributed by atoms with Gasteiger partial charge < -0.3 is 13.8 Å². The van der Waals surface area contributed by atoms with Crippen LogP contribution in [-0.4, -0.2) is 37.1 Å². The van der Waals surface area contributed by atoms with Gasteiger partial charge in [0.15, 0.2) is 0 Å². The summed E-state index contributed by atoms with van der Waals surface area (Å²) in [6.45, 7) is 10.5. The minimum Gasteiger partial charge on any atom is -0.460 e. The van der Waals surface area contributed by atoms with Crippen molar-refractivity contribution < 1.29 is 23.1 Å². The first-order valence-corrected chi connectivity index (χ1v) is 15.3. The van der Waals surface area contributed by atoms with Crippen molar-refractivity contribution in [2.24, 2.45) is 22.1 Å². The first-order valence-electron chi connectivity index (χ1n) is 13.8. The number of ether oxygens (including phenoxy) is 1. The minimum absolute atomic E-state index is 0.0780. The molecule has 1 saturated carbocycles. The normalized spacial score (nSPS) is 27.8. The molecule has 0 aromatic heterocycles. The average molecular weight is 541 g/mol. The zero-order valence-electron chi connectivity index (χ0n) is 23.2. The molecular formula is C30H41N2O5P. The van der Waals surface area contributed by atoms with Gasteiger partial charge in [-0.25, -0.2) is 4.79 Å². The fourth-order valence-corrected chi connectivity index (χ4v) is 8.36. The zero-order chi connectivity index (χ0) is 27.4. The lowest BCUT2D eigenvalue weighted by Crippen LogP contribution is -2.49. The number of esters is 1. The highest BCUT2D eigenvalue weighted by Crippen LogP contribution is 2.68. The molecule has 0 unspecified atom stereocenters. The van der Waals surface area contributed by atoms with Gasteiger partial charge in [-0.15, -0.1) is 0 Å². The van der Waals surface area contributed by atoms with E-state index in [2.05, 4.69) is 43.1 Å². The SMILES string of the molecule is CCOP(=O)(OCC)[C@@]1(C(=O)O[C@@H]2C[C@H](C)CC[C@H]2C(C)(C)c2ccccc2)N=NC[C@@H]1c1ccccc1. The number of carbonyl (C=O) groups is 1. The van der Waals surface area contributed by atoms with Crippen LogP contribution in [0.15, 0.2) is 70.9 Å². The summed E-state index contributed by atoms with van der Waals surface area (Å²) in [5.41, 5.74) is 1.76. The van der Waals surface area contributed by atoms with Gasteiger partial charge in [0, 0.05) is 5.92 Å². The molecule has 1 aliphatic heterocycles. The van der Waals surface area contributed by atoms with Crippen molar-refractivity contribution in [2.75, 3.05) is 19.8 Å². The van der Waals surface area contributed by atoms with Crippen molar-refractivity contribution in [3.8, 4) is 0 Å². The third-order valence-corrected chi connectivity index (χ3v) is 10.9. The van der Waals surface area contributed by atoms with E-state index in [1.54, 1.807) is 13.8 Å². The fraction of sp³-hybridized carbons (Fsp3) is 0.567. The van der Waals surface area contributed by atoms with Gasteiger partial charge in [0.2, 0.25) is 0 Å². The van der Waals surface area contributed by atoms with Crippen molar-refractivity contribution in [1.82, 2.24) is 0 Å². The maximum absolute atomic E-state index is 14.5. The highest BCUT2D eigenvalue weighted by molar-refractivity contribution is 7.56. The molecule has 0 N–H and O–H groups in total. The van der Waals surface area contributed by atoms with Crippen LogP contribution in [0.1, 0.15) is 70.9 Å². The van der Waals surface area contributed by atoms with E-state index >= 15 is 0 Å². The van der Waals surface area contributed by atoms with Gasteiger partial charge in [0.05, 0.1) is 25.7 Å². The second kappa shape index (κ2) is 11.8. The van der Waals surface area contributed by atoms with Gasteiger partial charge in [-0.3, -0.25) is 4.57 Å². The predicted molar refractivity (Wildman–Crippen MR) is 148 cm³/mol. The van der Waals surface area contributed by atoms with E-state index in [4.69, 9.17) is 13.8 Å². The molecular weight excluding hydrogens is 499 g/mol. The van der Waals surface area contributed by atoms with Crippen molar-refractivity contribution >= 4 is 13.6 Å². The van der Waals surface area contributed by atoms with Crippen LogP contribution in [0.2, 0.25) is 0 Å². The summed E-state index contributed by atoms with van der Waals surface area (Å²) in [5, 5.41) is 6.76. The molecule has 2 aromatic rings. The van der Waals surface area contributed by atoms with E-state index < -0.39 is 24.8 Å². The van der Waals surface area contributed by atoms with E-state index in [9.17, 15) is 9.36 Å². The van der Waals surface area contributed by atoms with Crippen LogP contribution in [-0.2, 0) is 28.6 Å². The number of nitrogens with zero attached hydrogens (tertiary/aromatic N) is 2. The van der Waals surface area contributed by atoms with Crippen molar-refractivity contribution in [3.05, 3.63) is 71.8 Å². The number of benzene rings is 2. The van der Waals surface area contributed by atoms with Crippen molar-refractivity contribution in [2.45, 2.75) is 76.6 Å². The van der Waals surface area contributed by atoms with Gasteiger partial charge in [0.1, 0.15) is 6.10 Å². The smallest absolute Gasteiger partial charge is 0.372 e. The second-order valence-corrected chi connectivity index (χ2v) is 13.2. The molecule has 0 saturated heterocycles. The molecule has 4 rings (SSSR count). The third kappa shape index (κ3) is 5.25. The molecule has 1 heterocycles. The first kappa shape index (κ1) is 28.7. The Kier molecular flexibility index (Phi) is 8.91. The molecule has 206 valence electrons. The Morgan fingerprint density at radius 2 is 1.61 bits per heavy atom. The summed E-state index contributed by atoms with van der Waals surface area (Å²) in [4.78, 5) is 14.4. The summed E-state index contributed by atoms with van der Waals surface area (Å²) < 4.78 is 32.5. The average Bonchev–Trinajstić information content (AvgIpc) is 3.37. The maximum Gasteiger partial charge on any atom is 0.372 e. The van der Waals surface area contributed by atoms with Gasteiger partial charge in [-0.2, -0.15) is 10.2 Å². The largest absolute Gasteiger partial charge is 0.460 e. The topological polar surface area (TPSA) is 86.5 Å². The summed E-state index contributed by atoms with van der Waals surface area (Å²) >= 11 is 0. The van der Waals surface area contributed by atoms with Gasteiger partial charge in [0.25, 0.3) is 5.28 Å². The number of hydrogen-bond donors (Lipinski definition) is 0. The third-order valence-electron chi connectivity index (χ3n) is 8.25. The second-order valence-electron chi connectivity index (χ2n) is 11.0. The number of carbonyl (C=O) groups excluding carboxylic acids is 1. The molecule has 8 heteroatoms. The molecule has 0 amide bonds. The number of azo groups is 1. The van der Waals surface area contributed by atoms with E-state index in [-0.39, 0.29) is 37.2 Å². The lowest BCUT2D eigenvalue weighted by atomic mass is 9.64. The molecule has 5 atom stereocenters. The van der Waals surface area contributed by atoms with Crippen molar-refractivity contribution in [3.63, 3.8) is 0 Å². The predicted octanol–water partition coefficient (Wildman–Crippen LogP) is 7.52. The first-order chi connectivity index (χ1) is 18.2. The summed E-state index contributed by atoms with van der Waals surface area (Å²) in [6, 6.07) is 19.8. The van der Waals surface area contributed by atoms with Crippen LogP contribution < -0.4 is 0 Å². The summed E-state index contributed by atoms with van der Waals surface area (Å²) in [7, 11) is -4.11. The van der Waals surface area contributed by atoms with E-state index in [0.717, 1.165) is 24.8 Å². The van der Waals surface area contributed by atoms with Crippen LogP contribution in [0, 0.1) is 11.8 Å². The van der Waals surface area contributed by atoms with Crippen LogP contribution in [0.4, 0.5) is 0 Å². The zero-order valence-corrected chi connectivity index (χ0v) is 24.1. The molecule has 2 aliphatic rings. The standard InChI is InChI=1S/C30H41N2O5P/c1-6-35-38(34,36-7-2)30(26(21-31-32-30)23-14-10-8-11-15-23)28(33)37-27-20-22(3)18-19-25(27)29(4,5)24-16-12-9-13-17-24/h8-17,22,25-27H,6-7,18-21H2,1-5H3/t22-,25-,26-,27-,30+/m1/s1. The highest BCUT2D eigenvalue weighted by Gasteiger charge is 2.67. The van der Waals surface area contributed by atoms with Crippen LogP contribution in [0.25, 0.3) is 0 Å². The number of rotatable bonds is 10. The Hall–Kier alpha value is -2.34. The summed E-state index contributed by atoms with van der Waals surface area (Å²) in [6.07, 6.45) is 2.33. The lowest BCUT2D eigenvalue weighted by Gasteiger charge is -2.45. The maximum atomic E-state index is 14.5. The molecule has 38 heavy (non-hydrogen) atoms. The quantitative estimate of drug-likeness (QED) is 0.230. The van der Waals surface area contributed by atoms with Crippen LogP contribution >= 0.6 is 7.60 Å². The van der Waals surface area contributed by atoms with E-state index in [1.165, 1.54) is 5.56 Å². The molecule has 0 radical (unpaired) electrons. The molecule has 1 aliphatic carbocycles. The van der Waals surface area contributed by atoms with E-state index in [0.29, 0.717) is 5.92 Å². The monoisotopic (exact) mass is 540 g/mol. The Morgan fingerprint density at radius 3 is 2.21 bits per heavy atom. The molecule has 1 fully saturated rings.